The van der Waals surface area contributed by atoms with Crippen molar-refractivity contribution in [3.8, 4) is 0 Å². The molecule has 3 N–H and O–H groups in total. The lowest BCUT2D eigenvalue weighted by Gasteiger charge is -2.28. The first-order chi connectivity index (χ1) is 19.0. The van der Waals surface area contributed by atoms with Crippen LogP contribution in [-0.4, -0.2) is 47.6 Å². The number of sulfonamides is 1. The Labute approximate surface area is 238 Å². The molecule has 0 bridgehead atoms. The number of nitrogens with zero attached hydrogens (tertiary/aromatic N) is 4. The van der Waals surface area contributed by atoms with Crippen LogP contribution >= 0.6 is 15.9 Å². The Balaban J connectivity index is 1.10. The maximum Gasteiger partial charge on any atom is 0.240 e. The van der Waals surface area contributed by atoms with Crippen LogP contribution in [0.3, 0.4) is 0 Å². The van der Waals surface area contributed by atoms with E-state index in [9.17, 15) is 8.42 Å². The molecule has 1 aliphatic carbocycles. The number of hydrogen-bond donors (Lipinski definition) is 3. The summed E-state index contributed by atoms with van der Waals surface area (Å²) in [5, 5.41) is 7.97. The normalized spacial score (nSPS) is 17.8. The number of aryl methyl sites for hydroxylation is 1. The third-order valence-electron chi connectivity index (χ3n) is 7.25. The Hall–Kier alpha value is -3.02. The zero-order valence-electron chi connectivity index (χ0n) is 21.8. The van der Waals surface area contributed by atoms with Crippen molar-refractivity contribution in [2.75, 3.05) is 30.3 Å². The topological polar surface area (TPSA) is 114 Å². The zero-order valence-corrected chi connectivity index (χ0v) is 24.2. The molecule has 0 saturated heterocycles. The van der Waals surface area contributed by atoms with Gasteiger partial charge in [-0.3, -0.25) is 0 Å². The highest BCUT2D eigenvalue weighted by atomic mass is 79.9. The van der Waals surface area contributed by atoms with Gasteiger partial charge >= 0.3 is 0 Å². The van der Waals surface area contributed by atoms with Crippen LogP contribution in [0.4, 0.5) is 11.8 Å². The molecule has 2 heterocycles. The van der Waals surface area contributed by atoms with Crippen LogP contribution in [0.1, 0.15) is 32.1 Å². The van der Waals surface area contributed by atoms with E-state index in [4.69, 9.17) is 9.97 Å². The lowest BCUT2D eigenvalue weighted by Crippen LogP contribution is -2.32. The van der Waals surface area contributed by atoms with Crippen molar-refractivity contribution in [1.29, 1.82) is 0 Å². The summed E-state index contributed by atoms with van der Waals surface area (Å²) in [6.45, 7) is 2.97. The largest absolute Gasteiger partial charge is 0.369 e. The van der Waals surface area contributed by atoms with E-state index in [1.165, 1.54) is 0 Å². The van der Waals surface area contributed by atoms with Crippen molar-refractivity contribution in [2.24, 2.45) is 11.8 Å². The van der Waals surface area contributed by atoms with Crippen LogP contribution in [0, 0.1) is 11.8 Å². The van der Waals surface area contributed by atoms with E-state index in [2.05, 4.69) is 40.8 Å². The summed E-state index contributed by atoms with van der Waals surface area (Å²) in [6, 6.07) is 14.8. The van der Waals surface area contributed by atoms with Crippen molar-refractivity contribution in [1.82, 2.24) is 24.2 Å². The van der Waals surface area contributed by atoms with Crippen LogP contribution in [0.5, 0.6) is 0 Å². The molecule has 1 aliphatic rings. The first kappa shape index (κ1) is 27.5. The smallest absolute Gasteiger partial charge is 0.240 e. The summed E-state index contributed by atoms with van der Waals surface area (Å²) in [7, 11) is -3.49. The highest BCUT2D eigenvalue weighted by molar-refractivity contribution is 9.10. The first-order valence-corrected chi connectivity index (χ1v) is 15.7. The summed E-state index contributed by atoms with van der Waals surface area (Å²) in [6.07, 6.45) is 10.6. The number of hydrogen-bond acceptors (Lipinski definition) is 7. The van der Waals surface area contributed by atoms with Crippen LogP contribution in [0.2, 0.25) is 0 Å². The fourth-order valence-corrected chi connectivity index (χ4v) is 6.36. The van der Waals surface area contributed by atoms with E-state index < -0.39 is 10.0 Å². The summed E-state index contributed by atoms with van der Waals surface area (Å²) >= 11 is 3.35. The quantitative estimate of drug-likeness (QED) is 0.187. The molecule has 0 unspecified atom stereocenters. The van der Waals surface area contributed by atoms with Crippen molar-refractivity contribution >= 4 is 48.6 Å². The SMILES string of the molecule is O=S(=O)(NCC1CCC(CNc2nc(NCCCn3ccnc3)c3ccccc3n2)CC1)c1ccc(Br)cc1. The zero-order chi connectivity index (χ0) is 27.1. The molecule has 9 nitrogen and oxygen atoms in total. The molecule has 4 aromatic rings. The third-order valence-corrected chi connectivity index (χ3v) is 9.22. The summed E-state index contributed by atoms with van der Waals surface area (Å²) in [5.74, 6) is 2.33. The predicted octanol–water partition coefficient (Wildman–Crippen LogP) is 5.29. The van der Waals surface area contributed by atoms with E-state index in [0.29, 0.717) is 29.2 Å². The minimum atomic E-state index is -3.49. The van der Waals surface area contributed by atoms with E-state index >= 15 is 0 Å². The molecular weight excluding hydrogens is 578 g/mol. The molecule has 0 spiro atoms. The van der Waals surface area contributed by atoms with Gasteiger partial charge in [-0.1, -0.05) is 28.1 Å². The molecule has 2 aromatic heterocycles. The second-order valence-electron chi connectivity index (χ2n) is 10.1. The molecule has 39 heavy (non-hydrogen) atoms. The van der Waals surface area contributed by atoms with Gasteiger partial charge in [0.15, 0.2) is 0 Å². The molecule has 5 rings (SSSR count). The number of fused-ring (bicyclic) bond motifs is 1. The maximum atomic E-state index is 12.6. The highest BCUT2D eigenvalue weighted by Gasteiger charge is 2.23. The van der Waals surface area contributed by atoms with E-state index in [0.717, 1.165) is 72.9 Å². The fraction of sp³-hybridized carbons (Fsp3) is 0.393. The first-order valence-electron chi connectivity index (χ1n) is 13.4. The second-order valence-corrected chi connectivity index (χ2v) is 12.7. The number of nitrogens with one attached hydrogen (secondary N) is 3. The Morgan fingerprint density at radius 2 is 1.67 bits per heavy atom. The van der Waals surface area contributed by atoms with Crippen molar-refractivity contribution in [3.05, 3.63) is 71.7 Å². The Morgan fingerprint density at radius 1 is 0.923 bits per heavy atom. The second kappa shape index (κ2) is 12.9. The van der Waals surface area contributed by atoms with Crippen LogP contribution in [-0.2, 0) is 16.6 Å². The van der Waals surface area contributed by atoms with Gasteiger partial charge < -0.3 is 15.2 Å². The number of aromatic nitrogens is 4. The number of imidazole rings is 1. The Kier molecular flexibility index (Phi) is 9.10. The number of benzene rings is 2. The van der Waals surface area contributed by atoms with Crippen molar-refractivity contribution in [3.63, 3.8) is 0 Å². The molecular formula is C28H34BrN7O2S. The standard InChI is InChI=1S/C28H34BrN7O2S/c29-23-10-12-24(13-11-23)39(37,38)33-19-22-8-6-21(7-9-22)18-32-28-34-26-5-2-1-4-25(26)27(35-28)31-14-3-16-36-17-15-30-20-36/h1-2,4-5,10-13,15,17,20-22,33H,3,6-9,14,16,18-19H2,(H2,31,32,34,35). The Morgan fingerprint density at radius 3 is 2.41 bits per heavy atom. The summed E-state index contributed by atoms with van der Waals surface area (Å²) in [5.41, 5.74) is 0.911. The molecule has 11 heteroatoms. The van der Waals surface area contributed by atoms with Gasteiger partial charge in [0.05, 0.1) is 16.7 Å². The van der Waals surface area contributed by atoms with Crippen molar-refractivity contribution in [2.45, 2.75) is 43.5 Å². The van der Waals surface area contributed by atoms with Gasteiger partial charge in [0.1, 0.15) is 5.82 Å². The molecule has 1 saturated carbocycles. The molecule has 2 aromatic carbocycles. The van der Waals surface area contributed by atoms with Gasteiger partial charge in [-0.15, -0.1) is 0 Å². The molecule has 206 valence electrons. The van der Waals surface area contributed by atoms with Gasteiger partial charge in [-0.25, -0.2) is 23.1 Å². The lowest BCUT2D eigenvalue weighted by atomic mass is 9.82. The van der Waals surface area contributed by atoms with Gasteiger partial charge in [0, 0.05) is 48.4 Å². The van der Waals surface area contributed by atoms with Crippen LogP contribution < -0.4 is 15.4 Å². The van der Waals surface area contributed by atoms with E-state index in [1.54, 1.807) is 30.5 Å². The maximum absolute atomic E-state index is 12.6. The fourth-order valence-electron chi connectivity index (χ4n) is 4.98. The van der Waals surface area contributed by atoms with Gasteiger partial charge in [-0.2, -0.15) is 4.98 Å². The number of rotatable bonds is 12. The third kappa shape index (κ3) is 7.55. The van der Waals surface area contributed by atoms with Gasteiger partial charge in [0.2, 0.25) is 16.0 Å². The summed E-state index contributed by atoms with van der Waals surface area (Å²) < 4.78 is 30.9. The average molecular weight is 613 g/mol. The number of anilines is 2. The van der Waals surface area contributed by atoms with Gasteiger partial charge in [0.25, 0.3) is 0 Å². The molecule has 0 atom stereocenters. The minimum absolute atomic E-state index is 0.297. The molecule has 0 radical (unpaired) electrons. The van der Waals surface area contributed by atoms with E-state index in [1.807, 2.05) is 36.8 Å². The average Bonchev–Trinajstić information content (AvgIpc) is 3.47. The summed E-state index contributed by atoms with van der Waals surface area (Å²) in [4.78, 5) is 13.9. The molecule has 1 fully saturated rings. The molecule has 0 amide bonds. The number of para-hydroxylation sites is 1. The van der Waals surface area contributed by atoms with Crippen molar-refractivity contribution < 1.29 is 8.42 Å². The predicted molar refractivity (Wildman–Crippen MR) is 158 cm³/mol. The highest BCUT2D eigenvalue weighted by Crippen LogP contribution is 2.29. The monoisotopic (exact) mass is 611 g/mol. The minimum Gasteiger partial charge on any atom is -0.369 e. The van der Waals surface area contributed by atoms with Gasteiger partial charge in [-0.05, 0) is 80.3 Å². The molecule has 0 aliphatic heterocycles. The van der Waals surface area contributed by atoms with E-state index in [-0.39, 0.29) is 0 Å². The Bertz CT molecular complexity index is 1460. The number of halogens is 1. The van der Waals surface area contributed by atoms with Crippen LogP contribution in [0.25, 0.3) is 10.9 Å². The lowest BCUT2D eigenvalue weighted by molar-refractivity contribution is 0.284. The van der Waals surface area contributed by atoms with Crippen LogP contribution in [0.15, 0.2) is 76.6 Å².